The molecule has 2 N–H and O–H groups in total. The summed E-state index contributed by atoms with van der Waals surface area (Å²) in [7, 11) is 1.92. The van der Waals surface area contributed by atoms with Gasteiger partial charge in [0.25, 0.3) is 0 Å². The third-order valence-corrected chi connectivity index (χ3v) is 4.39. The molecule has 1 heterocycles. The fourth-order valence-electron chi connectivity index (χ4n) is 3.21. The van der Waals surface area contributed by atoms with Gasteiger partial charge in [-0.15, -0.1) is 0 Å². The molecule has 4 nitrogen and oxygen atoms in total. The molecule has 5 heteroatoms. The molecule has 0 unspecified atom stereocenters. The summed E-state index contributed by atoms with van der Waals surface area (Å²) in [5, 5.41) is 0. The van der Waals surface area contributed by atoms with Gasteiger partial charge in [-0.1, -0.05) is 0 Å². The Bertz CT molecular complexity index is 534. The first-order chi connectivity index (χ1) is 9.56. The maximum atomic E-state index is 13.4. The molecular weight excluding hydrogens is 257 g/mol. The molecule has 1 saturated carbocycles. The maximum Gasteiger partial charge on any atom is 0.230 e. The van der Waals surface area contributed by atoms with Crippen LogP contribution in [0.5, 0.6) is 0 Å². The summed E-state index contributed by atoms with van der Waals surface area (Å²) in [6, 6.07) is 4.75. The van der Waals surface area contributed by atoms with Crippen LogP contribution < -0.4 is 15.5 Å². The molecule has 0 radical (unpaired) electrons. The van der Waals surface area contributed by atoms with Crippen molar-refractivity contribution in [1.29, 1.82) is 0 Å². The van der Waals surface area contributed by atoms with E-state index in [1.54, 1.807) is 11.0 Å². The second-order valence-corrected chi connectivity index (χ2v) is 5.81. The van der Waals surface area contributed by atoms with Crippen molar-refractivity contribution < 1.29 is 9.18 Å². The predicted octanol–water partition coefficient (Wildman–Crippen LogP) is 1.74. The number of hydrogen-bond acceptors (Lipinski definition) is 3. The SMILES string of the molecule is CN1CCN(C(=O)[C@H]2CC[C@H](N)C2)c2ccc(F)cc21. The highest BCUT2D eigenvalue weighted by atomic mass is 19.1. The first kappa shape index (κ1) is 13.4. The van der Waals surface area contributed by atoms with E-state index in [-0.39, 0.29) is 23.7 Å². The molecule has 1 aliphatic carbocycles. The normalized spacial score (nSPS) is 25.8. The topological polar surface area (TPSA) is 49.6 Å². The van der Waals surface area contributed by atoms with Gasteiger partial charge < -0.3 is 15.5 Å². The summed E-state index contributed by atoms with van der Waals surface area (Å²) in [5.41, 5.74) is 7.50. The Balaban J connectivity index is 1.89. The second kappa shape index (κ2) is 5.05. The molecule has 3 rings (SSSR count). The lowest BCUT2D eigenvalue weighted by Crippen LogP contribution is -2.45. The number of rotatable bonds is 1. The van der Waals surface area contributed by atoms with Crippen LogP contribution in [0.1, 0.15) is 19.3 Å². The minimum Gasteiger partial charge on any atom is -0.371 e. The van der Waals surface area contributed by atoms with E-state index < -0.39 is 0 Å². The van der Waals surface area contributed by atoms with Gasteiger partial charge in [-0.2, -0.15) is 0 Å². The van der Waals surface area contributed by atoms with Crippen LogP contribution in [0.25, 0.3) is 0 Å². The summed E-state index contributed by atoms with van der Waals surface area (Å²) in [6.45, 7) is 1.38. The Kier molecular flexibility index (Phi) is 3.38. The molecule has 2 atom stereocenters. The Hall–Kier alpha value is -1.62. The summed E-state index contributed by atoms with van der Waals surface area (Å²) in [5.74, 6) is -0.113. The molecule has 108 valence electrons. The third-order valence-electron chi connectivity index (χ3n) is 4.39. The van der Waals surface area contributed by atoms with Crippen LogP contribution in [0.4, 0.5) is 15.8 Å². The Labute approximate surface area is 118 Å². The van der Waals surface area contributed by atoms with Crippen LogP contribution in [0.3, 0.4) is 0 Å². The fraction of sp³-hybridized carbons (Fsp3) is 0.533. The van der Waals surface area contributed by atoms with E-state index >= 15 is 0 Å². The van der Waals surface area contributed by atoms with Crippen molar-refractivity contribution in [2.45, 2.75) is 25.3 Å². The molecule has 1 aliphatic heterocycles. The van der Waals surface area contributed by atoms with Crippen molar-refractivity contribution in [2.24, 2.45) is 11.7 Å². The lowest BCUT2D eigenvalue weighted by atomic mass is 10.0. The van der Waals surface area contributed by atoms with Crippen LogP contribution in [-0.4, -0.2) is 32.1 Å². The average molecular weight is 277 g/mol. The number of nitrogens with zero attached hydrogens (tertiary/aromatic N) is 2. The number of anilines is 2. The van der Waals surface area contributed by atoms with Crippen LogP contribution in [0.2, 0.25) is 0 Å². The highest BCUT2D eigenvalue weighted by Crippen LogP contribution is 2.35. The first-order valence-corrected chi connectivity index (χ1v) is 7.14. The number of amides is 1. The molecule has 0 aromatic heterocycles. The largest absolute Gasteiger partial charge is 0.371 e. The first-order valence-electron chi connectivity index (χ1n) is 7.14. The van der Waals surface area contributed by atoms with E-state index in [0.29, 0.717) is 6.54 Å². The molecule has 0 bridgehead atoms. The van der Waals surface area contributed by atoms with E-state index in [4.69, 9.17) is 5.73 Å². The van der Waals surface area contributed by atoms with Gasteiger partial charge in [0.1, 0.15) is 5.82 Å². The number of hydrogen-bond donors (Lipinski definition) is 1. The van der Waals surface area contributed by atoms with Crippen molar-refractivity contribution in [2.75, 3.05) is 29.9 Å². The number of halogens is 1. The molecule has 0 saturated heterocycles. The molecule has 1 aromatic carbocycles. The van der Waals surface area contributed by atoms with E-state index in [0.717, 1.165) is 37.2 Å². The van der Waals surface area contributed by atoms with Crippen molar-refractivity contribution in [1.82, 2.24) is 0 Å². The highest BCUT2D eigenvalue weighted by molar-refractivity contribution is 5.99. The minimum absolute atomic E-state index is 0.0197. The molecular formula is C15H20FN3O. The van der Waals surface area contributed by atoms with Gasteiger partial charge in [-0.25, -0.2) is 4.39 Å². The third kappa shape index (κ3) is 2.26. The van der Waals surface area contributed by atoms with Gasteiger partial charge >= 0.3 is 0 Å². The van der Waals surface area contributed by atoms with E-state index in [1.165, 1.54) is 12.1 Å². The van der Waals surface area contributed by atoms with Crippen molar-refractivity contribution in [3.05, 3.63) is 24.0 Å². The van der Waals surface area contributed by atoms with Crippen LogP contribution in [0.15, 0.2) is 18.2 Å². The standard InChI is InChI=1S/C15H20FN3O/c1-18-6-7-19(13-5-3-11(16)9-14(13)18)15(20)10-2-4-12(17)8-10/h3,5,9-10,12H,2,4,6-8,17H2,1H3/t10-,12-/m0/s1. The van der Waals surface area contributed by atoms with Crippen molar-refractivity contribution in [3.63, 3.8) is 0 Å². The number of nitrogens with two attached hydrogens (primary N) is 1. The Morgan fingerprint density at radius 3 is 2.80 bits per heavy atom. The molecule has 20 heavy (non-hydrogen) atoms. The number of benzene rings is 1. The summed E-state index contributed by atoms with van der Waals surface area (Å²) >= 11 is 0. The van der Waals surface area contributed by atoms with Gasteiger partial charge in [0.05, 0.1) is 11.4 Å². The van der Waals surface area contributed by atoms with Gasteiger partial charge in [0.2, 0.25) is 5.91 Å². The molecule has 1 amide bonds. The molecule has 0 spiro atoms. The molecule has 1 fully saturated rings. The maximum absolute atomic E-state index is 13.4. The van der Waals surface area contributed by atoms with Crippen LogP contribution >= 0.6 is 0 Å². The summed E-state index contributed by atoms with van der Waals surface area (Å²) < 4.78 is 13.4. The summed E-state index contributed by atoms with van der Waals surface area (Å²) in [6.07, 6.45) is 2.55. The quantitative estimate of drug-likeness (QED) is 0.850. The number of likely N-dealkylation sites (N-methyl/N-ethyl adjacent to an activating group) is 1. The predicted molar refractivity (Wildman–Crippen MR) is 77.3 cm³/mol. The zero-order valence-electron chi connectivity index (χ0n) is 11.7. The molecule has 2 aliphatic rings. The van der Waals surface area contributed by atoms with E-state index in [1.807, 2.05) is 11.9 Å². The van der Waals surface area contributed by atoms with Gasteiger partial charge in [-0.05, 0) is 37.5 Å². The van der Waals surface area contributed by atoms with Gasteiger partial charge in [0.15, 0.2) is 0 Å². The smallest absolute Gasteiger partial charge is 0.230 e. The van der Waals surface area contributed by atoms with Crippen LogP contribution in [0, 0.1) is 11.7 Å². The number of fused-ring (bicyclic) bond motifs is 1. The van der Waals surface area contributed by atoms with E-state index in [9.17, 15) is 9.18 Å². The van der Waals surface area contributed by atoms with Gasteiger partial charge in [-0.3, -0.25) is 4.79 Å². The van der Waals surface area contributed by atoms with Gasteiger partial charge in [0, 0.05) is 32.1 Å². The lowest BCUT2D eigenvalue weighted by Gasteiger charge is -2.36. The minimum atomic E-state index is -0.271. The second-order valence-electron chi connectivity index (χ2n) is 5.81. The van der Waals surface area contributed by atoms with Crippen molar-refractivity contribution >= 4 is 17.3 Å². The monoisotopic (exact) mass is 277 g/mol. The fourth-order valence-corrected chi connectivity index (χ4v) is 3.21. The Morgan fingerprint density at radius 2 is 2.10 bits per heavy atom. The van der Waals surface area contributed by atoms with Crippen molar-refractivity contribution in [3.8, 4) is 0 Å². The van der Waals surface area contributed by atoms with Crippen LogP contribution in [-0.2, 0) is 4.79 Å². The summed E-state index contributed by atoms with van der Waals surface area (Å²) in [4.78, 5) is 16.5. The zero-order chi connectivity index (χ0) is 14.3. The average Bonchev–Trinajstić information content (AvgIpc) is 2.86. The Morgan fingerprint density at radius 1 is 1.30 bits per heavy atom. The lowest BCUT2D eigenvalue weighted by molar-refractivity contribution is -0.122. The number of carbonyl (C=O) groups excluding carboxylic acids is 1. The molecule has 1 aromatic rings. The zero-order valence-corrected chi connectivity index (χ0v) is 11.7. The number of carbonyl (C=O) groups is 1. The van der Waals surface area contributed by atoms with E-state index in [2.05, 4.69) is 0 Å². The highest BCUT2D eigenvalue weighted by Gasteiger charge is 2.34.